The van der Waals surface area contributed by atoms with Crippen LogP contribution in [0.1, 0.15) is 30.9 Å². The van der Waals surface area contributed by atoms with Crippen LogP contribution in [0.4, 0.5) is 5.69 Å². The van der Waals surface area contributed by atoms with Gasteiger partial charge in [0, 0.05) is 48.9 Å². The molecule has 0 spiro atoms. The van der Waals surface area contributed by atoms with Crippen molar-refractivity contribution in [1.29, 1.82) is 5.26 Å². The molecule has 2 fully saturated rings. The molecule has 1 amide bonds. The number of carbonyl (C=O) groups excluding carboxylic acids is 1. The van der Waals surface area contributed by atoms with Crippen molar-refractivity contribution in [3.63, 3.8) is 0 Å². The predicted molar refractivity (Wildman–Crippen MR) is 168 cm³/mol. The number of aromatic amines is 1. The zero-order chi connectivity index (χ0) is 30.7. The number of fused-ring (bicyclic) bond motifs is 1. The molecule has 0 aliphatic carbocycles. The van der Waals surface area contributed by atoms with Gasteiger partial charge in [-0.25, -0.2) is 0 Å². The first-order chi connectivity index (χ1) is 21.3. The summed E-state index contributed by atoms with van der Waals surface area (Å²) in [6, 6.07) is 7.87. The highest BCUT2D eigenvalue weighted by atomic mass is 35.5. The van der Waals surface area contributed by atoms with Crippen LogP contribution in [-0.4, -0.2) is 105 Å². The molecule has 44 heavy (non-hydrogen) atoms. The Morgan fingerprint density at radius 3 is 2.80 bits per heavy atom. The number of likely N-dealkylation sites (tertiary alicyclic amines) is 1. The summed E-state index contributed by atoms with van der Waals surface area (Å²) in [5, 5.41) is 34.5. The van der Waals surface area contributed by atoms with E-state index in [2.05, 4.69) is 37.9 Å². The topological polar surface area (TPSA) is 125 Å². The van der Waals surface area contributed by atoms with Crippen molar-refractivity contribution in [2.24, 2.45) is 0 Å². The molecule has 11 nitrogen and oxygen atoms in total. The fourth-order valence-electron chi connectivity index (χ4n) is 7.37. The van der Waals surface area contributed by atoms with E-state index in [-0.39, 0.29) is 23.6 Å². The van der Waals surface area contributed by atoms with Crippen LogP contribution < -0.4 is 9.64 Å². The summed E-state index contributed by atoms with van der Waals surface area (Å²) in [6.45, 7) is 12.1. The van der Waals surface area contributed by atoms with Crippen molar-refractivity contribution in [3.8, 4) is 22.9 Å². The third kappa shape index (κ3) is 4.43. The lowest BCUT2D eigenvalue weighted by Crippen LogP contribution is -2.58. The molecule has 0 saturated carbocycles. The van der Waals surface area contributed by atoms with Crippen LogP contribution in [0.25, 0.3) is 27.9 Å². The van der Waals surface area contributed by atoms with E-state index in [0.29, 0.717) is 60.3 Å². The van der Waals surface area contributed by atoms with E-state index in [1.807, 2.05) is 36.9 Å². The maximum Gasteiger partial charge on any atom is 0.246 e. The molecule has 2 N–H and O–H groups in total. The number of carbonyl (C=O) groups is 1. The number of nitriles is 1. The highest BCUT2D eigenvalue weighted by Gasteiger charge is 2.46. The summed E-state index contributed by atoms with van der Waals surface area (Å²) in [6.07, 6.45) is 2.43. The Kier molecular flexibility index (Phi) is 7.23. The lowest BCUT2D eigenvalue weighted by molar-refractivity contribution is -0.128. The first kappa shape index (κ1) is 28.6. The second-order valence-corrected chi connectivity index (χ2v) is 12.5. The van der Waals surface area contributed by atoms with Crippen molar-refractivity contribution in [3.05, 3.63) is 52.6 Å². The first-order valence-electron chi connectivity index (χ1n) is 15.1. The van der Waals surface area contributed by atoms with E-state index in [0.717, 1.165) is 53.8 Å². The van der Waals surface area contributed by atoms with Gasteiger partial charge in [0.15, 0.2) is 12.0 Å². The standard InChI is InChI=1S/C32H35ClN8O3/c1-4-25(42)39-11-12-40(19(3)15-39)29-21-13-23(33)27(26-18(2)7-8-24-28(26)36-37-35-24)31-30(21)41(32(43)22(29)14-34)20(17-44-31)16-38-9-5-6-10-38/h4,7-8,13,19-20,32,43H,1,5-6,9-12,15-17H2,2-3H3,(H,35,36,37)/t19-,20?,32?/m0/s1. The van der Waals surface area contributed by atoms with E-state index in [4.69, 9.17) is 16.3 Å². The van der Waals surface area contributed by atoms with Gasteiger partial charge in [0.25, 0.3) is 0 Å². The number of nitrogens with one attached hydrogen (secondary N) is 1. The summed E-state index contributed by atoms with van der Waals surface area (Å²) in [5.74, 6) is 0.437. The van der Waals surface area contributed by atoms with Gasteiger partial charge >= 0.3 is 0 Å². The number of anilines is 1. The molecule has 228 valence electrons. The minimum absolute atomic E-state index is 0.124. The normalized spacial score (nSPS) is 23.5. The zero-order valence-corrected chi connectivity index (χ0v) is 25.6. The summed E-state index contributed by atoms with van der Waals surface area (Å²) >= 11 is 7.20. The van der Waals surface area contributed by atoms with Gasteiger partial charge in [-0.05, 0) is 63.6 Å². The van der Waals surface area contributed by atoms with Gasteiger partial charge in [-0.2, -0.15) is 5.26 Å². The molecule has 7 rings (SSSR count). The van der Waals surface area contributed by atoms with E-state index in [1.165, 1.54) is 6.08 Å². The van der Waals surface area contributed by atoms with Gasteiger partial charge in [-0.1, -0.05) is 29.5 Å². The van der Waals surface area contributed by atoms with Crippen LogP contribution in [0, 0.1) is 18.3 Å². The summed E-state index contributed by atoms with van der Waals surface area (Å²) in [4.78, 5) is 20.7. The molecule has 4 aliphatic rings. The second-order valence-electron chi connectivity index (χ2n) is 12.1. The molecule has 3 aromatic rings. The predicted octanol–water partition coefficient (Wildman–Crippen LogP) is 3.54. The molecule has 5 heterocycles. The summed E-state index contributed by atoms with van der Waals surface area (Å²) in [7, 11) is 0. The van der Waals surface area contributed by atoms with Crippen LogP contribution in [0.15, 0.2) is 36.4 Å². The third-order valence-electron chi connectivity index (χ3n) is 9.46. The molecular weight excluding hydrogens is 580 g/mol. The molecule has 2 saturated heterocycles. The molecule has 4 aliphatic heterocycles. The van der Waals surface area contributed by atoms with E-state index in [1.54, 1.807) is 4.90 Å². The van der Waals surface area contributed by atoms with Crippen LogP contribution in [0.2, 0.25) is 5.02 Å². The maximum atomic E-state index is 12.4. The number of aliphatic hydroxyl groups is 1. The Morgan fingerprint density at radius 2 is 2.07 bits per heavy atom. The lowest BCUT2D eigenvalue weighted by atomic mass is 9.88. The Bertz CT molecular complexity index is 1740. The van der Waals surface area contributed by atoms with E-state index >= 15 is 0 Å². The molecule has 1 aromatic heterocycles. The number of rotatable bonds is 5. The minimum atomic E-state index is -1.18. The molecular formula is C32H35ClN8O3. The number of aliphatic hydroxyl groups excluding tert-OH is 1. The van der Waals surface area contributed by atoms with Crippen LogP contribution in [-0.2, 0) is 4.79 Å². The van der Waals surface area contributed by atoms with Gasteiger partial charge in [0.2, 0.25) is 5.91 Å². The molecule has 0 bridgehead atoms. The second kappa shape index (κ2) is 11.1. The number of aryl methyl sites for hydroxylation is 1. The molecule has 12 heteroatoms. The Labute approximate surface area is 260 Å². The first-order valence-corrected chi connectivity index (χ1v) is 15.5. The monoisotopic (exact) mass is 614 g/mol. The van der Waals surface area contributed by atoms with Gasteiger partial charge < -0.3 is 29.4 Å². The van der Waals surface area contributed by atoms with E-state index in [9.17, 15) is 15.2 Å². The van der Waals surface area contributed by atoms with Crippen LogP contribution in [0.5, 0.6) is 5.75 Å². The number of ether oxygens (including phenoxy) is 1. The highest BCUT2D eigenvalue weighted by molar-refractivity contribution is 6.35. The Balaban J connectivity index is 1.43. The third-order valence-corrected chi connectivity index (χ3v) is 9.75. The van der Waals surface area contributed by atoms with Crippen molar-refractivity contribution in [2.75, 3.05) is 50.8 Å². The Morgan fingerprint density at radius 1 is 1.27 bits per heavy atom. The van der Waals surface area contributed by atoms with Crippen molar-refractivity contribution in [1.82, 2.24) is 30.1 Å². The average molecular weight is 615 g/mol. The molecule has 2 unspecified atom stereocenters. The van der Waals surface area contributed by atoms with Gasteiger partial charge in [0.05, 0.1) is 28.0 Å². The van der Waals surface area contributed by atoms with Gasteiger partial charge in [0.1, 0.15) is 23.8 Å². The highest BCUT2D eigenvalue weighted by Crippen LogP contribution is 2.55. The number of hydrogen-bond acceptors (Lipinski definition) is 9. The number of piperazine rings is 1. The summed E-state index contributed by atoms with van der Waals surface area (Å²) in [5.41, 5.74) is 6.27. The SMILES string of the molecule is C=CC(=O)N1CCN(C2=C(C#N)C(O)N3c4c2cc(Cl)c(-c2c(C)ccc5[nH]nnc25)c4OCC3CN2CCCC2)[C@@H](C)C1. The minimum Gasteiger partial charge on any atom is -0.488 e. The molecule has 2 aromatic carbocycles. The number of halogens is 1. The number of hydrogen-bond donors (Lipinski definition) is 2. The fraction of sp³-hybridized carbons (Fsp3) is 0.438. The number of benzene rings is 2. The van der Waals surface area contributed by atoms with E-state index < -0.39 is 6.23 Å². The average Bonchev–Trinajstić information content (AvgIpc) is 3.72. The Hall–Kier alpha value is -4.11. The molecule has 0 radical (unpaired) electrons. The maximum absolute atomic E-state index is 12.4. The van der Waals surface area contributed by atoms with Crippen LogP contribution >= 0.6 is 11.6 Å². The molecule has 3 atom stereocenters. The smallest absolute Gasteiger partial charge is 0.246 e. The fourth-order valence-corrected chi connectivity index (χ4v) is 7.66. The summed E-state index contributed by atoms with van der Waals surface area (Å²) < 4.78 is 6.67. The lowest BCUT2D eigenvalue weighted by Gasteiger charge is -2.50. The van der Waals surface area contributed by atoms with Gasteiger partial charge in [-0.15, -0.1) is 5.10 Å². The number of H-pyrrole nitrogens is 1. The van der Waals surface area contributed by atoms with Crippen LogP contribution in [0.3, 0.4) is 0 Å². The van der Waals surface area contributed by atoms with Gasteiger partial charge in [-0.3, -0.25) is 9.89 Å². The largest absolute Gasteiger partial charge is 0.488 e. The number of aromatic nitrogens is 3. The van der Waals surface area contributed by atoms with Crippen molar-refractivity contribution < 1.29 is 14.6 Å². The quantitative estimate of drug-likeness (QED) is 0.415. The van der Waals surface area contributed by atoms with Crippen molar-refractivity contribution >= 4 is 39.9 Å². The van der Waals surface area contributed by atoms with Crippen molar-refractivity contribution in [2.45, 2.75) is 45.0 Å². The number of amides is 1. The number of nitrogens with zero attached hydrogens (tertiary/aromatic N) is 7. The zero-order valence-electron chi connectivity index (χ0n) is 24.9.